The number of carbonyl (C=O) groups excluding carboxylic acids is 2. The van der Waals surface area contributed by atoms with Crippen molar-refractivity contribution in [2.75, 3.05) is 13.1 Å². The zero-order valence-electron chi connectivity index (χ0n) is 13.3. The maximum atomic E-state index is 11.9. The van der Waals surface area contributed by atoms with Gasteiger partial charge in [0.15, 0.2) is 0 Å². The van der Waals surface area contributed by atoms with Crippen molar-refractivity contribution in [3.63, 3.8) is 0 Å². The van der Waals surface area contributed by atoms with Crippen molar-refractivity contribution in [1.82, 2.24) is 16.0 Å². The summed E-state index contributed by atoms with van der Waals surface area (Å²) in [4.78, 5) is 24.7. The molecular weight excluding hydrogens is 298 g/mol. The Hall–Kier alpha value is -1.56. The smallest absolute Gasteiger partial charge is 0.315 e. The molecule has 2 rings (SSSR count). The fraction of sp³-hybridized carbons (Fsp3) is 0.625. The van der Waals surface area contributed by atoms with Crippen LogP contribution in [0.4, 0.5) is 4.79 Å². The van der Waals surface area contributed by atoms with Crippen LogP contribution in [0.15, 0.2) is 11.4 Å². The second-order valence-corrected chi connectivity index (χ2v) is 6.94. The number of amides is 3. The van der Waals surface area contributed by atoms with E-state index in [1.807, 2.05) is 13.8 Å². The molecule has 1 atom stereocenters. The van der Waals surface area contributed by atoms with E-state index in [0.29, 0.717) is 13.1 Å². The Bertz CT molecular complexity index is 513. The predicted molar refractivity (Wildman–Crippen MR) is 89.0 cm³/mol. The van der Waals surface area contributed by atoms with Crippen LogP contribution in [-0.4, -0.2) is 25.0 Å². The summed E-state index contributed by atoms with van der Waals surface area (Å²) in [5, 5.41) is 10.8. The van der Waals surface area contributed by atoms with Gasteiger partial charge in [0.2, 0.25) is 5.91 Å². The van der Waals surface area contributed by atoms with Crippen molar-refractivity contribution in [3.05, 3.63) is 21.9 Å². The normalized spacial score (nSPS) is 17.0. The first-order valence-corrected chi connectivity index (χ1v) is 8.84. The van der Waals surface area contributed by atoms with Gasteiger partial charge in [0, 0.05) is 23.9 Å². The zero-order valence-corrected chi connectivity index (χ0v) is 14.1. The van der Waals surface area contributed by atoms with E-state index in [2.05, 4.69) is 27.4 Å². The molecule has 0 radical (unpaired) electrons. The van der Waals surface area contributed by atoms with Crippen molar-refractivity contribution in [1.29, 1.82) is 0 Å². The SMILES string of the molecule is CC(C)C(=O)NCCCNC(=O)N[C@H]1CCCc2sccc21. The van der Waals surface area contributed by atoms with Gasteiger partial charge in [-0.15, -0.1) is 11.3 Å². The molecule has 3 amide bonds. The molecule has 0 aliphatic heterocycles. The minimum atomic E-state index is -0.126. The number of rotatable bonds is 6. The molecule has 1 aromatic heterocycles. The first-order valence-electron chi connectivity index (χ1n) is 7.96. The summed E-state index contributed by atoms with van der Waals surface area (Å²) < 4.78 is 0. The highest BCUT2D eigenvalue weighted by molar-refractivity contribution is 7.10. The first kappa shape index (κ1) is 16.8. The number of carbonyl (C=O) groups is 2. The van der Waals surface area contributed by atoms with Crippen LogP contribution < -0.4 is 16.0 Å². The first-order chi connectivity index (χ1) is 10.6. The maximum Gasteiger partial charge on any atom is 0.315 e. The van der Waals surface area contributed by atoms with Crippen LogP contribution in [0.5, 0.6) is 0 Å². The third-order valence-electron chi connectivity index (χ3n) is 3.82. The highest BCUT2D eigenvalue weighted by Gasteiger charge is 2.22. The lowest BCUT2D eigenvalue weighted by Crippen LogP contribution is -2.40. The number of hydrogen-bond acceptors (Lipinski definition) is 3. The lowest BCUT2D eigenvalue weighted by molar-refractivity contribution is -0.123. The van der Waals surface area contributed by atoms with Crippen molar-refractivity contribution >= 4 is 23.3 Å². The van der Waals surface area contributed by atoms with E-state index in [1.54, 1.807) is 11.3 Å². The van der Waals surface area contributed by atoms with Gasteiger partial charge in [-0.05, 0) is 42.7 Å². The molecule has 1 aliphatic carbocycles. The Labute approximate surface area is 135 Å². The molecule has 0 bridgehead atoms. The quantitative estimate of drug-likeness (QED) is 0.704. The van der Waals surface area contributed by atoms with Crippen LogP contribution in [0.3, 0.4) is 0 Å². The zero-order chi connectivity index (χ0) is 15.9. The van der Waals surface area contributed by atoms with E-state index in [-0.39, 0.29) is 23.9 Å². The average Bonchev–Trinajstić information content (AvgIpc) is 2.96. The fourth-order valence-corrected chi connectivity index (χ4v) is 3.54. The van der Waals surface area contributed by atoms with Gasteiger partial charge < -0.3 is 16.0 Å². The summed E-state index contributed by atoms with van der Waals surface area (Å²) in [7, 11) is 0. The van der Waals surface area contributed by atoms with Gasteiger partial charge >= 0.3 is 6.03 Å². The molecule has 1 heterocycles. The molecule has 1 aliphatic rings. The van der Waals surface area contributed by atoms with Crippen molar-refractivity contribution < 1.29 is 9.59 Å². The highest BCUT2D eigenvalue weighted by Crippen LogP contribution is 2.33. The molecule has 22 heavy (non-hydrogen) atoms. The molecule has 1 aromatic rings. The number of hydrogen-bond donors (Lipinski definition) is 3. The second kappa shape index (κ2) is 8.17. The number of urea groups is 1. The van der Waals surface area contributed by atoms with Crippen molar-refractivity contribution in [2.45, 2.75) is 45.6 Å². The summed E-state index contributed by atoms with van der Waals surface area (Å²) >= 11 is 1.77. The number of fused-ring (bicyclic) bond motifs is 1. The van der Waals surface area contributed by atoms with Gasteiger partial charge in [-0.25, -0.2) is 4.79 Å². The Morgan fingerprint density at radius 2 is 2.09 bits per heavy atom. The molecule has 0 saturated carbocycles. The van der Waals surface area contributed by atoms with Crippen LogP contribution in [0.2, 0.25) is 0 Å². The van der Waals surface area contributed by atoms with Crippen LogP contribution in [-0.2, 0) is 11.2 Å². The van der Waals surface area contributed by atoms with E-state index in [4.69, 9.17) is 0 Å². The van der Waals surface area contributed by atoms with E-state index >= 15 is 0 Å². The minimum absolute atomic E-state index is 0.00219. The standard InChI is InChI=1S/C16H25N3O2S/c1-11(2)15(20)17-8-4-9-18-16(21)19-13-5-3-6-14-12(13)7-10-22-14/h7,10-11,13H,3-6,8-9H2,1-2H3,(H,17,20)(H2,18,19,21)/t13-/m0/s1. The Balaban J connectivity index is 1.64. The van der Waals surface area contributed by atoms with E-state index < -0.39 is 0 Å². The van der Waals surface area contributed by atoms with Gasteiger partial charge in [-0.1, -0.05) is 13.8 Å². The Kier molecular flexibility index (Phi) is 6.24. The summed E-state index contributed by atoms with van der Waals surface area (Å²) in [5.74, 6) is 0.0546. The monoisotopic (exact) mass is 323 g/mol. The summed E-state index contributed by atoms with van der Waals surface area (Å²) in [6, 6.07) is 2.13. The molecule has 6 heteroatoms. The lowest BCUT2D eigenvalue weighted by atomic mass is 9.94. The maximum absolute atomic E-state index is 11.9. The van der Waals surface area contributed by atoms with E-state index in [1.165, 1.54) is 10.4 Å². The third kappa shape index (κ3) is 4.73. The van der Waals surface area contributed by atoms with Gasteiger partial charge in [0.1, 0.15) is 0 Å². The Morgan fingerprint density at radius 3 is 2.86 bits per heavy atom. The molecular formula is C16H25N3O2S. The molecule has 0 aromatic carbocycles. The third-order valence-corrected chi connectivity index (χ3v) is 4.82. The van der Waals surface area contributed by atoms with E-state index in [0.717, 1.165) is 25.7 Å². The van der Waals surface area contributed by atoms with Crippen LogP contribution in [0, 0.1) is 5.92 Å². The molecule has 0 unspecified atom stereocenters. The molecule has 5 nitrogen and oxygen atoms in total. The lowest BCUT2D eigenvalue weighted by Gasteiger charge is -2.23. The molecule has 0 saturated heterocycles. The average molecular weight is 323 g/mol. The van der Waals surface area contributed by atoms with Gasteiger partial charge in [0.05, 0.1) is 6.04 Å². The minimum Gasteiger partial charge on any atom is -0.356 e. The van der Waals surface area contributed by atoms with Crippen LogP contribution in [0.25, 0.3) is 0 Å². The molecule has 3 N–H and O–H groups in total. The van der Waals surface area contributed by atoms with Gasteiger partial charge in [0.25, 0.3) is 0 Å². The largest absolute Gasteiger partial charge is 0.356 e. The molecule has 0 fully saturated rings. The number of thiophene rings is 1. The van der Waals surface area contributed by atoms with Crippen molar-refractivity contribution in [3.8, 4) is 0 Å². The number of nitrogens with one attached hydrogen (secondary N) is 3. The highest BCUT2D eigenvalue weighted by atomic mass is 32.1. The number of aryl methyl sites for hydroxylation is 1. The second-order valence-electron chi connectivity index (χ2n) is 5.94. The van der Waals surface area contributed by atoms with Crippen LogP contribution >= 0.6 is 11.3 Å². The van der Waals surface area contributed by atoms with Gasteiger partial charge in [-0.3, -0.25) is 4.79 Å². The van der Waals surface area contributed by atoms with E-state index in [9.17, 15) is 9.59 Å². The van der Waals surface area contributed by atoms with Crippen molar-refractivity contribution in [2.24, 2.45) is 5.92 Å². The summed E-state index contributed by atoms with van der Waals surface area (Å²) in [6.45, 7) is 4.89. The van der Waals surface area contributed by atoms with Crippen LogP contribution in [0.1, 0.15) is 49.6 Å². The molecule has 0 spiro atoms. The summed E-state index contributed by atoms with van der Waals surface area (Å²) in [6.07, 6.45) is 3.99. The Morgan fingerprint density at radius 1 is 1.32 bits per heavy atom. The summed E-state index contributed by atoms with van der Waals surface area (Å²) in [5.41, 5.74) is 1.27. The topological polar surface area (TPSA) is 70.2 Å². The van der Waals surface area contributed by atoms with Gasteiger partial charge in [-0.2, -0.15) is 0 Å². The molecule has 122 valence electrons. The predicted octanol–water partition coefficient (Wildman–Crippen LogP) is 2.59. The fourth-order valence-electron chi connectivity index (χ4n) is 2.55.